The zero-order valence-electron chi connectivity index (χ0n) is 16.1. The Bertz CT molecular complexity index is 928. The third kappa shape index (κ3) is 3.97. The lowest BCUT2D eigenvalue weighted by molar-refractivity contribution is 0.0622. The lowest BCUT2D eigenvalue weighted by atomic mass is 10.1. The van der Waals surface area contributed by atoms with Gasteiger partial charge in [-0.15, -0.1) is 0 Å². The van der Waals surface area contributed by atoms with Gasteiger partial charge in [0.05, 0.1) is 12.7 Å². The normalized spacial score (nSPS) is 15.0. The van der Waals surface area contributed by atoms with E-state index >= 15 is 0 Å². The van der Waals surface area contributed by atoms with Crippen molar-refractivity contribution in [1.29, 1.82) is 0 Å². The van der Waals surface area contributed by atoms with Crippen molar-refractivity contribution in [2.75, 3.05) is 46.4 Å². The largest absolute Gasteiger partial charge is 0.497 e. The van der Waals surface area contributed by atoms with Gasteiger partial charge in [-0.05, 0) is 30.3 Å². The number of nitrogens with one attached hydrogen (secondary N) is 1. The molecule has 0 bridgehead atoms. The maximum Gasteiger partial charge on any atom is 0.256 e. The second kappa shape index (κ2) is 8.35. The van der Waals surface area contributed by atoms with Crippen LogP contribution >= 0.6 is 0 Å². The van der Waals surface area contributed by atoms with Crippen LogP contribution in [0.3, 0.4) is 0 Å². The number of fused-ring (bicyclic) bond motifs is 1. The monoisotopic (exact) mass is 379 g/mol. The molecule has 2 aromatic carbocycles. The lowest BCUT2D eigenvalue weighted by Gasteiger charge is -2.34. The third-order valence-electron chi connectivity index (χ3n) is 5.21. The molecule has 1 aliphatic heterocycles. The summed E-state index contributed by atoms with van der Waals surface area (Å²) in [5, 5.41) is 0.989. The van der Waals surface area contributed by atoms with Crippen LogP contribution in [-0.4, -0.2) is 67.1 Å². The summed E-state index contributed by atoms with van der Waals surface area (Å²) in [6.45, 7) is 4.67. The number of aromatic nitrogens is 1. The van der Waals surface area contributed by atoms with Crippen LogP contribution in [0.1, 0.15) is 10.4 Å². The Morgan fingerprint density at radius 2 is 1.71 bits per heavy atom. The Hall–Kier alpha value is -2.99. The maximum absolute atomic E-state index is 12.9. The molecule has 0 aliphatic carbocycles. The summed E-state index contributed by atoms with van der Waals surface area (Å²) in [6.07, 6.45) is 1.82. The number of H-pyrrole nitrogens is 1. The number of hydrogen-bond acceptors (Lipinski definition) is 4. The van der Waals surface area contributed by atoms with E-state index in [1.54, 1.807) is 7.11 Å². The highest BCUT2D eigenvalue weighted by Gasteiger charge is 2.23. The van der Waals surface area contributed by atoms with Crippen LogP contribution in [-0.2, 0) is 0 Å². The molecule has 1 fully saturated rings. The smallest absolute Gasteiger partial charge is 0.256 e. The summed E-state index contributed by atoms with van der Waals surface area (Å²) < 4.78 is 11.0. The summed E-state index contributed by atoms with van der Waals surface area (Å²) in [7, 11) is 1.65. The number of nitrogens with zero attached hydrogens (tertiary/aromatic N) is 2. The van der Waals surface area contributed by atoms with Crippen LogP contribution in [0.15, 0.2) is 54.7 Å². The number of hydrogen-bond donors (Lipinski definition) is 1. The van der Waals surface area contributed by atoms with Crippen molar-refractivity contribution in [2.45, 2.75) is 0 Å². The fourth-order valence-electron chi connectivity index (χ4n) is 3.56. The van der Waals surface area contributed by atoms with Crippen LogP contribution in [0, 0.1) is 0 Å². The number of methoxy groups -OCH3 is 1. The lowest BCUT2D eigenvalue weighted by Crippen LogP contribution is -2.49. The summed E-state index contributed by atoms with van der Waals surface area (Å²) in [6, 6.07) is 15.5. The Kier molecular flexibility index (Phi) is 5.48. The topological polar surface area (TPSA) is 57.8 Å². The number of carbonyl (C=O) groups excluding carboxylic acids is 1. The zero-order valence-corrected chi connectivity index (χ0v) is 16.1. The number of piperazine rings is 1. The average Bonchev–Trinajstić information content (AvgIpc) is 3.18. The molecular formula is C22H25N3O3. The van der Waals surface area contributed by atoms with Crippen LogP contribution < -0.4 is 9.47 Å². The molecule has 1 aromatic heterocycles. The molecule has 28 heavy (non-hydrogen) atoms. The van der Waals surface area contributed by atoms with Crippen LogP contribution in [0.4, 0.5) is 0 Å². The molecule has 0 unspecified atom stereocenters. The van der Waals surface area contributed by atoms with Gasteiger partial charge in [-0.1, -0.05) is 18.2 Å². The summed E-state index contributed by atoms with van der Waals surface area (Å²) in [4.78, 5) is 20.3. The first kappa shape index (κ1) is 18.4. The quantitative estimate of drug-likeness (QED) is 0.715. The van der Waals surface area contributed by atoms with E-state index in [2.05, 4.69) is 9.88 Å². The minimum atomic E-state index is 0.103. The molecule has 1 aliphatic rings. The first-order chi connectivity index (χ1) is 13.7. The summed E-state index contributed by atoms with van der Waals surface area (Å²) in [5.74, 6) is 1.77. The number of rotatable bonds is 6. The molecule has 0 saturated carbocycles. The van der Waals surface area contributed by atoms with Crippen molar-refractivity contribution in [3.05, 3.63) is 60.3 Å². The van der Waals surface area contributed by atoms with Crippen LogP contribution in [0.5, 0.6) is 11.5 Å². The standard InChI is InChI=1S/C22H25N3O3/c1-27-17-6-8-18(9-7-17)28-15-14-24-10-12-25(13-11-24)22(26)20-16-23-21-5-3-2-4-19(20)21/h2-9,16,23H,10-15H2,1H3. The van der Waals surface area contributed by atoms with Gasteiger partial charge in [-0.2, -0.15) is 0 Å². The predicted molar refractivity (Wildman–Crippen MR) is 109 cm³/mol. The number of para-hydroxylation sites is 1. The number of ether oxygens (including phenoxy) is 2. The van der Waals surface area contributed by atoms with Gasteiger partial charge in [-0.25, -0.2) is 0 Å². The zero-order chi connectivity index (χ0) is 19.3. The predicted octanol–water partition coefficient (Wildman–Crippen LogP) is 3.01. The minimum absolute atomic E-state index is 0.103. The number of aromatic amines is 1. The van der Waals surface area contributed by atoms with Crippen LogP contribution in [0.25, 0.3) is 10.9 Å². The maximum atomic E-state index is 12.9. The summed E-state index contributed by atoms with van der Waals surface area (Å²) >= 11 is 0. The van der Waals surface area contributed by atoms with Crippen molar-refractivity contribution < 1.29 is 14.3 Å². The van der Waals surface area contributed by atoms with Gasteiger partial charge in [0.15, 0.2) is 0 Å². The van der Waals surface area contributed by atoms with E-state index in [9.17, 15) is 4.79 Å². The molecule has 1 N–H and O–H groups in total. The highest BCUT2D eigenvalue weighted by Crippen LogP contribution is 2.20. The molecule has 6 nitrogen and oxygen atoms in total. The molecule has 4 rings (SSSR count). The van der Waals surface area contributed by atoms with Crippen molar-refractivity contribution in [1.82, 2.24) is 14.8 Å². The Morgan fingerprint density at radius 1 is 1.00 bits per heavy atom. The highest BCUT2D eigenvalue weighted by atomic mass is 16.5. The first-order valence-corrected chi connectivity index (χ1v) is 9.59. The molecule has 0 radical (unpaired) electrons. The molecular weight excluding hydrogens is 354 g/mol. The Morgan fingerprint density at radius 3 is 2.46 bits per heavy atom. The van der Waals surface area contributed by atoms with Gasteiger partial charge < -0.3 is 19.4 Å². The second-order valence-corrected chi connectivity index (χ2v) is 6.91. The summed E-state index contributed by atoms with van der Waals surface area (Å²) in [5.41, 5.74) is 1.76. The minimum Gasteiger partial charge on any atom is -0.497 e. The van der Waals surface area contributed by atoms with E-state index in [1.807, 2.05) is 59.6 Å². The van der Waals surface area contributed by atoms with Gasteiger partial charge in [0.25, 0.3) is 5.91 Å². The molecule has 2 heterocycles. The van der Waals surface area contributed by atoms with Gasteiger partial charge in [0, 0.05) is 49.8 Å². The Balaban J connectivity index is 1.25. The van der Waals surface area contributed by atoms with Crippen molar-refractivity contribution in [3.63, 3.8) is 0 Å². The molecule has 6 heteroatoms. The number of carbonyl (C=O) groups is 1. The van der Waals surface area contributed by atoms with E-state index in [1.165, 1.54) is 0 Å². The van der Waals surface area contributed by atoms with Gasteiger partial charge in [0.2, 0.25) is 0 Å². The SMILES string of the molecule is COc1ccc(OCCN2CCN(C(=O)c3c[nH]c4ccccc34)CC2)cc1. The molecule has 1 amide bonds. The van der Waals surface area contributed by atoms with Gasteiger partial charge in [0.1, 0.15) is 18.1 Å². The van der Waals surface area contributed by atoms with Crippen molar-refractivity contribution in [3.8, 4) is 11.5 Å². The molecule has 0 atom stereocenters. The fourth-order valence-corrected chi connectivity index (χ4v) is 3.56. The molecule has 146 valence electrons. The molecule has 1 saturated heterocycles. The Labute approximate surface area is 164 Å². The fraction of sp³-hybridized carbons (Fsp3) is 0.318. The number of benzene rings is 2. The van der Waals surface area contributed by atoms with E-state index in [0.29, 0.717) is 6.61 Å². The van der Waals surface area contributed by atoms with Gasteiger partial charge >= 0.3 is 0 Å². The van der Waals surface area contributed by atoms with E-state index in [4.69, 9.17) is 9.47 Å². The van der Waals surface area contributed by atoms with Crippen molar-refractivity contribution in [2.24, 2.45) is 0 Å². The molecule has 3 aromatic rings. The van der Waals surface area contributed by atoms with Crippen molar-refractivity contribution >= 4 is 16.8 Å². The third-order valence-corrected chi connectivity index (χ3v) is 5.21. The second-order valence-electron chi connectivity index (χ2n) is 6.91. The first-order valence-electron chi connectivity index (χ1n) is 9.59. The van der Waals surface area contributed by atoms with E-state index < -0.39 is 0 Å². The average molecular weight is 379 g/mol. The van der Waals surface area contributed by atoms with Gasteiger partial charge in [-0.3, -0.25) is 9.69 Å². The highest BCUT2D eigenvalue weighted by molar-refractivity contribution is 6.06. The van der Waals surface area contributed by atoms with E-state index in [0.717, 1.165) is 60.7 Å². The van der Waals surface area contributed by atoms with Crippen LogP contribution in [0.2, 0.25) is 0 Å². The molecule has 0 spiro atoms. The number of amides is 1. The van der Waals surface area contributed by atoms with E-state index in [-0.39, 0.29) is 5.91 Å².